The minimum absolute atomic E-state index is 0.00849. The largest absolute Gasteiger partial charge is 0.348 e. The van der Waals surface area contributed by atoms with E-state index in [1.54, 1.807) is 6.07 Å². The predicted octanol–water partition coefficient (Wildman–Crippen LogP) is 1.91. The van der Waals surface area contributed by atoms with Gasteiger partial charge < -0.3 is 10.7 Å². The summed E-state index contributed by atoms with van der Waals surface area (Å²) in [6.07, 6.45) is 2.27. The Morgan fingerprint density at radius 1 is 1.50 bits per heavy atom. The van der Waals surface area contributed by atoms with E-state index < -0.39 is 0 Å². The van der Waals surface area contributed by atoms with Crippen LogP contribution in [0.1, 0.15) is 28.8 Å². The van der Waals surface area contributed by atoms with Crippen molar-refractivity contribution in [2.75, 3.05) is 16.9 Å². The lowest BCUT2D eigenvalue weighted by Gasteiger charge is -2.22. The van der Waals surface area contributed by atoms with Gasteiger partial charge in [0.05, 0.1) is 5.69 Å². The van der Waals surface area contributed by atoms with E-state index in [0.29, 0.717) is 11.6 Å². The normalized spacial score (nSPS) is 19.3. The minimum atomic E-state index is 0.00849. The monoisotopic (exact) mass is 265 g/mol. The Balaban J connectivity index is 2.01. The Morgan fingerprint density at radius 2 is 2.33 bits per heavy atom. The van der Waals surface area contributed by atoms with Crippen LogP contribution in [-0.2, 0) is 0 Å². The second-order valence-corrected chi connectivity index (χ2v) is 5.71. The van der Waals surface area contributed by atoms with E-state index in [2.05, 4.69) is 10.7 Å². The second kappa shape index (κ2) is 6.11. The zero-order valence-corrected chi connectivity index (χ0v) is 11.3. The fraction of sp³-hybridized carbons (Fsp3) is 0.462. The number of anilines is 1. The van der Waals surface area contributed by atoms with Crippen LogP contribution in [0.2, 0.25) is 0 Å². The van der Waals surface area contributed by atoms with E-state index in [4.69, 9.17) is 5.84 Å². The van der Waals surface area contributed by atoms with Crippen molar-refractivity contribution >= 4 is 23.4 Å². The highest BCUT2D eigenvalue weighted by molar-refractivity contribution is 7.99. The number of nitrogens with one attached hydrogen (secondary N) is 2. The Morgan fingerprint density at radius 3 is 2.94 bits per heavy atom. The molecule has 0 aromatic heterocycles. The van der Waals surface area contributed by atoms with Gasteiger partial charge in [0.15, 0.2) is 0 Å². The highest BCUT2D eigenvalue weighted by atomic mass is 32.2. The van der Waals surface area contributed by atoms with Crippen molar-refractivity contribution in [2.24, 2.45) is 5.84 Å². The SMILES string of the molecule is Cc1cc(C(=O)NC2CCCSC2)ccc1NN. The fourth-order valence-corrected chi connectivity index (χ4v) is 3.16. The van der Waals surface area contributed by atoms with Crippen LogP contribution in [0.15, 0.2) is 18.2 Å². The van der Waals surface area contributed by atoms with Crippen molar-refractivity contribution in [3.8, 4) is 0 Å². The first-order valence-electron chi connectivity index (χ1n) is 6.16. The number of rotatable bonds is 3. The molecule has 2 rings (SSSR count). The Bertz CT molecular complexity index is 430. The summed E-state index contributed by atoms with van der Waals surface area (Å²) >= 11 is 1.91. The maximum Gasteiger partial charge on any atom is 0.251 e. The van der Waals surface area contributed by atoms with E-state index >= 15 is 0 Å². The number of thioether (sulfide) groups is 1. The number of hydrazine groups is 1. The van der Waals surface area contributed by atoms with E-state index in [1.165, 1.54) is 12.2 Å². The molecule has 0 saturated carbocycles. The number of benzene rings is 1. The molecule has 0 spiro atoms. The van der Waals surface area contributed by atoms with Crippen LogP contribution in [0, 0.1) is 6.92 Å². The van der Waals surface area contributed by atoms with Crippen molar-refractivity contribution in [1.29, 1.82) is 0 Å². The van der Waals surface area contributed by atoms with Crippen LogP contribution in [0.5, 0.6) is 0 Å². The molecule has 1 aromatic carbocycles. The number of hydrogen-bond donors (Lipinski definition) is 3. The summed E-state index contributed by atoms with van der Waals surface area (Å²) in [4.78, 5) is 12.1. The Labute approximate surface area is 112 Å². The van der Waals surface area contributed by atoms with Crippen LogP contribution < -0.4 is 16.6 Å². The highest BCUT2D eigenvalue weighted by Gasteiger charge is 2.17. The quantitative estimate of drug-likeness (QED) is 0.577. The van der Waals surface area contributed by atoms with Crippen molar-refractivity contribution in [1.82, 2.24) is 5.32 Å². The Hall–Kier alpha value is -1.20. The molecule has 98 valence electrons. The molecule has 1 saturated heterocycles. The van der Waals surface area contributed by atoms with Gasteiger partial charge in [0.25, 0.3) is 5.91 Å². The number of hydrogen-bond acceptors (Lipinski definition) is 4. The molecule has 4 nitrogen and oxygen atoms in total. The molecule has 5 heteroatoms. The lowest BCUT2D eigenvalue weighted by atomic mass is 10.1. The second-order valence-electron chi connectivity index (χ2n) is 4.56. The van der Waals surface area contributed by atoms with Crippen LogP contribution in [0.3, 0.4) is 0 Å². The maximum absolute atomic E-state index is 12.1. The molecule has 1 aromatic rings. The van der Waals surface area contributed by atoms with Gasteiger partial charge in [-0.05, 0) is 49.3 Å². The summed E-state index contributed by atoms with van der Waals surface area (Å²) in [7, 11) is 0. The molecular formula is C13H19N3OS. The number of nitrogens with two attached hydrogens (primary N) is 1. The molecule has 1 atom stereocenters. The number of amides is 1. The third-order valence-corrected chi connectivity index (χ3v) is 4.36. The van der Waals surface area contributed by atoms with Crippen molar-refractivity contribution < 1.29 is 4.79 Å². The van der Waals surface area contributed by atoms with Gasteiger partial charge in [-0.15, -0.1) is 0 Å². The number of carbonyl (C=O) groups is 1. The molecule has 18 heavy (non-hydrogen) atoms. The average Bonchev–Trinajstić information content (AvgIpc) is 2.39. The number of carbonyl (C=O) groups excluding carboxylic acids is 1. The van der Waals surface area contributed by atoms with Crippen molar-refractivity contribution in [3.05, 3.63) is 29.3 Å². The molecule has 1 aliphatic rings. The zero-order valence-electron chi connectivity index (χ0n) is 10.5. The zero-order chi connectivity index (χ0) is 13.0. The number of aryl methyl sites for hydroxylation is 1. The molecule has 1 heterocycles. The third-order valence-electron chi connectivity index (χ3n) is 3.14. The van der Waals surface area contributed by atoms with Gasteiger partial charge in [-0.25, -0.2) is 0 Å². The van der Waals surface area contributed by atoms with E-state index in [9.17, 15) is 4.79 Å². The lowest BCUT2D eigenvalue weighted by molar-refractivity contribution is 0.0938. The molecular weight excluding hydrogens is 246 g/mol. The molecule has 0 radical (unpaired) electrons. The van der Waals surface area contributed by atoms with Gasteiger partial charge in [0.2, 0.25) is 0 Å². The third kappa shape index (κ3) is 3.17. The summed E-state index contributed by atoms with van der Waals surface area (Å²) < 4.78 is 0. The summed E-state index contributed by atoms with van der Waals surface area (Å²) in [5.41, 5.74) is 5.13. The van der Waals surface area contributed by atoms with Crippen LogP contribution in [-0.4, -0.2) is 23.5 Å². The van der Waals surface area contributed by atoms with Gasteiger partial charge >= 0.3 is 0 Å². The first-order valence-corrected chi connectivity index (χ1v) is 7.32. The molecule has 1 aliphatic heterocycles. The van der Waals surface area contributed by atoms with E-state index in [1.807, 2.05) is 30.8 Å². The van der Waals surface area contributed by atoms with Gasteiger partial charge in [0.1, 0.15) is 0 Å². The van der Waals surface area contributed by atoms with Crippen molar-refractivity contribution in [2.45, 2.75) is 25.8 Å². The van der Waals surface area contributed by atoms with E-state index in [-0.39, 0.29) is 5.91 Å². The molecule has 0 bridgehead atoms. The van der Waals surface area contributed by atoms with Gasteiger partial charge in [-0.1, -0.05) is 0 Å². The van der Waals surface area contributed by atoms with Gasteiger partial charge in [0, 0.05) is 17.4 Å². The average molecular weight is 265 g/mol. The molecule has 4 N–H and O–H groups in total. The standard InChI is InChI=1S/C13H19N3OS/c1-9-7-10(4-5-12(9)16-14)13(17)15-11-3-2-6-18-8-11/h4-5,7,11,16H,2-3,6,8,14H2,1H3,(H,15,17). The molecule has 0 aliphatic carbocycles. The summed E-state index contributed by atoms with van der Waals surface area (Å²) in [6.45, 7) is 1.93. The van der Waals surface area contributed by atoms with Gasteiger partial charge in [-0.2, -0.15) is 11.8 Å². The first kappa shape index (κ1) is 13.2. The minimum Gasteiger partial charge on any atom is -0.348 e. The van der Waals surface area contributed by atoms with Crippen LogP contribution >= 0.6 is 11.8 Å². The van der Waals surface area contributed by atoms with Crippen LogP contribution in [0.25, 0.3) is 0 Å². The highest BCUT2D eigenvalue weighted by Crippen LogP contribution is 2.18. The molecule has 1 fully saturated rings. The van der Waals surface area contributed by atoms with Crippen LogP contribution in [0.4, 0.5) is 5.69 Å². The summed E-state index contributed by atoms with van der Waals surface area (Å²) in [5, 5.41) is 3.09. The summed E-state index contributed by atoms with van der Waals surface area (Å²) in [5.74, 6) is 7.61. The summed E-state index contributed by atoms with van der Waals surface area (Å²) in [6, 6.07) is 5.80. The van der Waals surface area contributed by atoms with Gasteiger partial charge in [-0.3, -0.25) is 10.6 Å². The van der Waals surface area contributed by atoms with E-state index in [0.717, 1.165) is 23.4 Å². The first-order chi connectivity index (χ1) is 8.70. The maximum atomic E-state index is 12.1. The lowest BCUT2D eigenvalue weighted by Crippen LogP contribution is -2.38. The fourth-order valence-electron chi connectivity index (χ4n) is 2.09. The molecule has 1 amide bonds. The predicted molar refractivity (Wildman–Crippen MR) is 76.8 cm³/mol. The molecule has 1 unspecified atom stereocenters. The number of nitrogen functional groups attached to an aromatic ring is 1. The Kier molecular flexibility index (Phi) is 4.49. The van der Waals surface area contributed by atoms with Crippen molar-refractivity contribution in [3.63, 3.8) is 0 Å². The smallest absolute Gasteiger partial charge is 0.251 e. The topological polar surface area (TPSA) is 67.2 Å².